The molecule has 0 aliphatic heterocycles. The molecule has 0 N–H and O–H groups in total. The smallest absolute Gasteiger partial charge is 0.185 e. The van der Waals surface area contributed by atoms with Crippen LogP contribution in [-0.4, -0.2) is 12.4 Å². The van der Waals surface area contributed by atoms with Gasteiger partial charge in [0, 0.05) is 11.5 Å². The number of carbonyl (C=O) groups is 1. The molecular weight excluding hydrogens is 248 g/mol. The van der Waals surface area contributed by atoms with E-state index in [-0.39, 0.29) is 11.7 Å². The molecule has 1 aliphatic carbocycles. The van der Waals surface area contributed by atoms with Crippen LogP contribution in [0.25, 0.3) is 0 Å². The maximum atomic E-state index is 12.0. The molecule has 2 heteroatoms. The third kappa shape index (κ3) is 4.23. The summed E-state index contributed by atoms with van der Waals surface area (Å²) in [6.07, 6.45) is 13.8. The van der Waals surface area contributed by atoms with Crippen LogP contribution >= 0.6 is 0 Å². The van der Waals surface area contributed by atoms with E-state index in [1.807, 2.05) is 42.5 Å². The van der Waals surface area contributed by atoms with Crippen LogP contribution in [0.4, 0.5) is 0 Å². The summed E-state index contributed by atoms with van der Waals surface area (Å²) in [5.74, 6) is 1.09. The zero-order chi connectivity index (χ0) is 14.2. The molecule has 0 heterocycles. The van der Waals surface area contributed by atoms with Gasteiger partial charge in [0.1, 0.15) is 5.75 Å². The molecule has 1 aromatic carbocycles. The van der Waals surface area contributed by atoms with Crippen molar-refractivity contribution >= 4 is 5.78 Å². The Bertz CT molecular complexity index is 509. The summed E-state index contributed by atoms with van der Waals surface area (Å²) in [6, 6.07) is 7.33. The number of rotatable bonds is 7. The number of benzene rings is 1. The number of carbonyl (C=O) groups excluding carboxylic acids is 1. The topological polar surface area (TPSA) is 26.3 Å². The Morgan fingerprint density at radius 2 is 1.90 bits per heavy atom. The standard InChI is InChI=1S/C18H20O2/c1-2-3-14-20-17-11-9-16(10-12-17)18(19)13-8-15-6-4-5-7-15/h4-13,15H,2-3,14H2,1H3/b13-8+. The maximum absolute atomic E-state index is 12.0. The molecule has 0 spiro atoms. The van der Waals surface area contributed by atoms with Crippen LogP contribution in [0.15, 0.2) is 60.7 Å². The first-order chi connectivity index (χ1) is 9.79. The molecule has 0 atom stereocenters. The minimum atomic E-state index is 0.0267. The highest BCUT2D eigenvalue weighted by Gasteiger charge is 2.04. The quantitative estimate of drug-likeness (QED) is 0.417. The molecule has 0 saturated heterocycles. The number of hydrogen-bond donors (Lipinski definition) is 0. The van der Waals surface area contributed by atoms with E-state index in [1.165, 1.54) is 0 Å². The fourth-order valence-electron chi connectivity index (χ4n) is 1.92. The minimum absolute atomic E-state index is 0.0267. The van der Waals surface area contributed by atoms with E-state index < -0.39 is 0 Å². The molecular formula is C18H20O2. The molecule has 20 heavy (non-hydrogen) atoms. The molecule has 0 radical (unpaired) electrons. The minimum Gasteiger partial charge on any atom is -0.494 e. The Morgan fingerprint density at radius 1 is 1.20 bits per heavy atom. The van der Waals surface area contributed by atoms with E-state index in [9.17, 15) is 4.79 Å². The molecule has 1 aliphatic rings. The van der Waals surface area contributed by atoms with Crippen molar-refractivity contribution in [3.05, 3.63) is 66.3 Å². The van der Waals surface area contributed by atoms with Crippen LogP contribution in [0.5, 0.6) is 5.75 Å². The lowest BCUT2D eigenvalue weighted by molar-refractivity contribution is 0.104. The second kappa shape index (κ2) is 7.49. The molecule has 0 unspecified atom stereocenters. The van der Waals surface area contributed by atoms with Gasteiger partial charge in [-0.2, -0.15) is 0 Å². The summed E-state index contributed by atoms with van der Waals surface area (Å²) in [5.41, 5.74) is 0.690. The van der Waals surface area contributed by atoms with Gasteiger partial charge in [-0.15, -0.1) is 0 Å². The van der Waals surface area contributed by atoms with Crippen molar-refractivity contribution in [3.63, 3.8) is 0 Å². The van der Waals surface area contributed by atoms with Crippen LogP contribution in [0.2, 0.25) is 0 Å². The van der Waals surface area contributed by atoms with Gasteiger partial charge in [-0.3, -0.25) is 4.79 Å². The van der Waals surface area contributed by atoms with E-state index in [2.05, 4.69) is 19.1 Å². The van der Waals surface area contributed by atoms with Crippen molar-refractivity contribution in [1.29, 1.82) is 0 Å². The molecule has 2 nitrogen and oxygen atoms in total. The highest BCUT2D eigenvalue weighted by Crippen LogP contribution is 2.15. The second-order valence-corrected chi connectivity index (χ2v) is 4.80. The summed E-state index contributed by atoms with van der Waals surface area (Å²) in [4.78, 5) is 12.0. The third-order valence-corrected chi connectivity index (χ3v) is 3.15. The third-order valence-electron chi connectivity index (χ3n) is 3.15. The van der Waals surface area contributed by atoms with Gasteiger partial charge < -0.3 is 4.74 Å². The summed E-state index contributed by atoms with van der Waals surface area (Å²) >= 11 is 0. The van der Waals surface area contributed by atoms with Gasteiger partial charge in [-0.1, -0.05) is 43.7 Å². The van der Waals surface area contributed by atoms with Crippen LogP contribution in [0, 0.1) is 5.92 Å². The number of hydrogen-bond acceptors (Lipinski definition) is 2. The van der Waals surface area contributed by atoms with Gasteiger partial charge in [-0.05, 0) is 36.8 Å². The predicted molar refractivity (Wildman–Crippen MR) is 82.1 cm³/mol. The van der Waals surface area contributed by atoms with Crippen LogP contribution in [0.1, 0.15) is 30.1 Å². The lowest BCUT2D eigenvalue weighted by Crippen LogP contribution is -1.98. The largest absolute Gasteiger partial charge is 0.494 e. The first-order valence-electron chi connectivity index (χ1n) is 7.10. The lowest BCUT2D eigenvalue weighted by Gasteiger charge is -2.05. The van der Waals surface area contributed by atoms with Gasteiger partial charge in [0.2, 0.25) is 0 Å². The van der Waals surface area contributed by atoms with Gasteiger partial charge >= 0.3 is 0 Å². The Hall–Kier alpha value is -2.09. The lowest BCUT2D eigenvalue weighted by atomic mass is 10.1. The Morgan fingerprint density at radius 3 is 2.55 bits per heavy atom. The maximum Gasteiger partial charge on any atom is 0.185 e. The SMILES string of the molecule is CCCCOc1ccc(C(=O)/C=C/C2C=CC=C2)cc1. The highest BCUT2D eigenvalue weighted by molar-refractivity contribution is 6.04. The van der Waals surface area contributed by atoms with Gasteiger partial charge in [0.05, 0.1) is 6.61 Å². The molecule has 1 aromatic rings. The molecule has 0 saturated carbocycles. The summed E-state index contributed by atoms with van der Waals surface area (Å²) in [5, 5.41) is 0. The summed E-state index contributed by atoms with van der Waals surface area (Å²) < 4.78 is 5.57. The Labute approximate surface area is 120 Å². The number of ketones is 1. The zero-order valence-electron chi connectivity index (χ0n) is 11.8. The van der Waals surface area contributed by atoms with Crippen LogP contribution in [0.3, 0.4) is 0 Å². The first-order valence-corrected chi connectivity index (χ1v) is 7.10. The summed E-state index contributed by atoms with van der Waals surface area (Å²) in [6.45, 7) is 2.86. The van der Waals surface area contributed by atoms with E-state index in [0.29, 0.717) is 5.56 Å². The fraction of sp³-hybridized carbons (Fsp3) is 0.278. The monoisotopic (exact) mass is 268 g/mol. The molecule has 0 bridgehead atoms. The van der Waals surface area contributed by atoms with Crippen LogP contribution in [-0.2, 0) is 0 Å². The van der Waals surface area contributed by atoms with Crippen molar-refractivity contribution in [3.8, 4) is 5.75 Å². The molecule has 2 rings (SSSR count). The number of allylic oxidation sites excluding steroid dienone is 6. The molecule has 0 aromatic heterocycles. The predicted octanol–water partition coefficient (Wildman–Crippen LogP) is 4.35. The van der Waals surface area contributed by atoms with Gasteiger partial charge in [0.15, 0.2) is 5.78 Å². The Kier molecular flexibility index (Phi) is 5.36. The van der Waals surface area contributed by atoms with E-state index in [4.69, 9.17) is 4.74 Å². The van der Waals surface area contributed by atoms with E-state index >= 15 is 0 Å². The van der Waals surface area contributed by atoms with Crippen molar-refractivity contribution in [2.45, 2.75) is 19.8 Å². The van der Waals surface area contributed by atoms with Gasteiger partial charge in [-0.25, -0.2) is 0 Å². The average molecular weight is 268 g/mol. The molecule has 0 amide bonds. The molecule has 104 valence electrons. The first kappa shape index (κ1) is 14.3. The number of ether oxygens (including phenoxy) is 1. The Balaban J connectivity index is 1.90. The van der Waals surface area contributed by atoms with Crippen molar-refractivity contribution in [2.24, 2.45) is 5.92 Å². The van der Waals surface area contributed by atoms with Crippen molar-refractivity contribution < 1.29 is 9.53 Å². The number of unbranched alkanes of at least 4 members (excludes halogenated alkanes) is 1. The molecule has 0 fully saturated rings. The van der Waals surface area contributed by atoms with Crippen molar-refractivity contribution in [1.82, 2.24) is 0 Å². The van der Waals surface area contributed by atoms with E-state index in [1.54, 1.807) is 6.08 Å². The zero-order valence-corrected chi connectivity index (χ0v) is 11.8. The average Bonchev–Trinajstić information content (AvgIpc) is 2.99. The normalized spacial score (nSPS) is 14.2. The van der Waals surface area contributed by atoms with Crippen LogP contribution < -0.4 is 4.74 Å². The fourth-order valence-corrected chi connectivity index (χ4v) is 1.92. The highest BCUT2D eigenvalue weighted by atomic mass is 16.5. The van der Waals surface area contributed by atoms with E-state index in [0.717, 1.165) is 25.2 Å². The van der Waals surface area contributed by atoms with Crippen molar-refractivity contribution in [2.75, 3.05) is 6.61 Å². The summed E-state index contributed by atoms with van der Waals surface area (Å²) in [7, 11) is 0. The van der Waals surface area contributed by atoms with Gasteiger partial charge in [0.25, 0.3) is 0 Å². The second-order valence-electron chi connectivity index (χ2n) is 4.80.